The fraction of sp³-hybridized carbons (Fsp3) is 0.474. The van der Waals surface area contributed by atoms with Crippen molar-refractivity contribution in [3.63, 3.8) is 0 Å². The van der Waals surface area contributed by atoms with Gasteiger partial charge in [0.2, 0.25) is 0 Å². The number of benzene rings is 1. The molecule has 1 saturated heterocycles. The van der Waals surface area contributed by atoms with Crippen molar-refractivity contribution in [2.45, 2.75) is 13.8 Å². The van der Waals surface area contributed by atoms with Crippen molar-refractivity contribution in [2.75, 3.05) is 55.6 Å². The highest BCUT2D eigenvalue weighted by atomic mass is 127. The number of piperazine rings is 1. The molecule has 3 rings (SSSR count). The predicted octanol–water partition coefficient (Wildman–Crippen LogP) is 3.03. The van der Waals surface area contributed by atoms with Gasteiger partial charge in [-0.2, -0.15) is 0 Å². The molecule has 2 N–H and O–H groups in total. The van der Waals surface area contributed by atoms with Crippen LogP contribution in [0.2, 0.25) is 0 Å². The molecule has 0 atom stereocenters. The van der Waals surface area contributed by atoms with Gasteiger partial charge in [-0.25, -0.2) is 4.98 Å². The van der Waals surface area contributed by atoms with E-state index in [1.807, 2.05) is 11.6 Å². The molecule has 27 heavy (non-hydrogen) atoms. The average Bonchev–Trinajstić information content (AvgIpc) is 3.21. The molecule has 1 aromatic carbocycles. The molecule has 2 aromatic rings. The molecule has 0 unspecified atom stereocenters. The first-order valence-corrected chi connectivity index (χ1v) is 10.1. The minimum Gasteiger partial charge on any atom is -0.370 e. The molecular formula is C19H29IN6S. The molecule has 2 heterocycles. The number of thiazole rings is 1. The van der Waals surface area contributed by atoms with Crippen LogP contribution in [0.15, 0.2) is 40.8 Å². The van der Waals surface area contributed by atoms with Gasteiger partial charge in [-0.15, -0.1) is 35.3 Å². The molecule has 1 aromatic heterocycles. The molecule has 0 radical (unpaired) electrons. The van der Waals surface area contributed by atoms with Crippen molar-refractivity contribution in [2.24, 2.45) is 10.7 Å². The maximum atomic E-state index is 6.23. The predicted molar refractivity (Wildman–Crippen MR) is 127 cm³/mol. The number of anilines is 2. The van der Waals surface area contributed by atoms with Crippen LogP contribution in [-0.4, -0.2) is 61.7 Å². The first kappa shape index (κ1) is 21.7. The number of guanidine groups is 1. The number of rotatable bonds is 6. The van der Waals surface area contributed by atoms with Crippen molar-refractivity contribution < 1.29 is 0 Å². The van der Waals surface area contributed by atoms with Gasteiger partial charge in [0, 0.05) is 56.5 Å². The van der Waals surface area contributed by atoms with Gasteiger partial charge in [-0.05, 0) is 25.5 Å². The van der Waals surface area contributed by atoms with Gasteiger partial charge in [0.25, 0.3) is 0 Å². The summed E-state index contributed by atoms with van der Waals surface area (Å²) in [6.45, 7) is 10.5. The molecule has 0 bridgehead atoms. The Morgan fingerprint density at radius 1 is 1.26 bits per heavy atom. The first-order valence-electron chi connectivity index (χ1n) is 9.19. The number of hydrogen-bond acceptors (Lipinski definition) is 5. The number of para-hydroxylation sites is 1. The van der Waals surface area contributed by atoms with Crippen LogP contribution in [-0.2, 0) is 0 Å². The lowest BCUT2D eigenvalue weighted by Crippen LogP contribution is -2.51. The molecule has 0 amide bonds. The van der Waals surface area contributed by atoms with E-state index >= 15 is 0 Å². The lowest BCUT2D eigenvalue weighted by Gasteiger charge is -2.35. The fourth-order valence-corrected chi connectivity index (χ4v) is 3.95. The number of nitrogens with zero attached hydrogens (tertiary/aromatic N) is 5. The van der Waals surface area contributed by atoms with Crippen LogP contribution in [0.3, 0.4) is 0 Å². The molecule has 1 aliphatic heterocycles. The van der Waals surface area contributed by atoms with Crippen molar-refractivity contribution in [1.82, 2.24) is 9.88 Å². The van der Waals surface area contributed by atoms with Crippen molar-refractivity contribution in [1.29, 1.82) is 0 Å². The Bertz CT molecular complexity index is 713. The summed E-state index contributed by atoms with van der Waals surface area (Å²) in [7, 11) is 0. The van der Waals surface area contributed by atoms with Gasteiger partial charge in [0.15, 0.2) is 11.1 Å². The highest BCUT2D eigenvalue weighted by Crippen LogP contribution is 2.19. The Kier molecular flexibility index (Phi) is 8.62. The first-order chi connectivity index (χ1) is 12.7. The molecule has 0 spiro atoms. The maximum absolute atomic E-state index is 6.23. The summed E-state index contributed by atoms with van der Waals surface area (Å²) in [5.74, 6) is 0.657. The zero-order valence-corrected chi connectivity index (χ0v) is 19.2. The lowest BCUT2D eigenvalue weighted by atomic mass is 10.2. The molecular weight excluding hydrogens is 471 g/mol. The smallest absolute Gasteiger partial charge is 0.191 e. The molecule has 1 aliphatic rings. The minimum atomic E-state index is 0. The zero-order chi connectivity index (χ0) is 18.4. The van der Waals surface area contributed by atoms with E-state index in [0.717, 1.165) is 44.4 Å². The molecule has 0 saturated carbocycles. The highest BCUT2D eigenvalue weighted by Gasteiger charge is 2.19. The van der Waals surface area contributed by atoms with E-state index in [1.165, 1.54) is 11.3 Å². The largest absolute Gasteiger partial charge is 0.370 e. The molecule has 6 nitrogen and oxygen atoms in total. The third-order valence-electron chi connectivity index (χ3n) is 4.78. The summed E-state index contributed by atoms with van der Waals surface area (Å²) in [5.41, 5.74) is 8.81. The topological polar surface area (TPSA) is 61.0 Å². The zero-order valence-electron chi connectivity index (χ0n) is 16.0. The van der Waals surface area contributed by atoms with Crippen LogP contribution in [0, 0.1) is 6.92 Å². The Morgan fingerprint density at radius 2 is 2.00 bits per heavy atom. The SMILES string of the molecule is CCN(CCN=C(N)N1CCN(c2nccs2)CC1)c1ccccc1C.I. The quantitative estimate of drug-likeness (QED) is 0.376. The Morgan fingerprint density at radius 3 is 2.63 bits per heavy atom. The third kappa shape index (κ3) is 5.71. The monoisotopic (exact) mass is 500 g/mol. The van der Waals surface area contributed by atoms with Gasteiger partial charge < -0.3 is 20.4 Å². The van der Waals surface area contributed by atoms with E-state index in [0.29, 0.717) is 12.5 Å². The Hall–Kier alpha value is -1.55. The fourth-order valence-electron chi connectivity index (χ4n) is 3.25. The molecule has 148 valence electrons. The van der Waals surface area contributed by atoms with Crippen LogP contribution >= 0.6 is 35.3 Å². The number of hydrogen-bond donors (Lipinski definition) is 1. The maximum Gasteiger partial charge on any atom is 0.191 e. The van der Waals surface area contributed by atoms with Gasteiger partial charge in [0.1, 0.15) is 0 Å². The molecule has 1 fully saturated rings. The summed E-state index contributed by atoms with van der Waals surface area (Å²) < 4.78 is 0. The summed E-state index contributed by atoms with van der Waals surface area (Å²) in [6, 6.07) is 8.49. The number of aromatic nitrogens is 1. The van der Waals surface area contributed by atoms with E-state index in [1.54, 1.807) is 11.3 Å². The lowest BCUT2D eigenvalue weighted by molar-refractivity contribution is 0.380. The second-order valence-corrected chi connectivity index (χ2v) is 7.27. The third-order valence-corrected chi connectivity index (χ3v) is 5.61. The standard InChI is InChI=1S/C19H28N6S.HI/c1-3-23(17-7-5-4-6-16(17)2)10-8-21-18(20)24-11-13-25(14-12-24)19-22-9-15-26-19;/h4-7,9,15H,3,8,10-14H2,1-2H3,(H2,20,21);1H. The number of aliphatic imine (C=N–C) groups is 1. The normalized spacial score (nSPS) is 14.8. The average molecular weight is 500 g/mol. The van der Waals surface area contributed by atoms with E-state index in [4.69, 9.17) is 5.73 Å². The van der Waals surface area contributed by atoms with Crippen LogP contribution in [0.1, 0.15) is 12.5 Å². The van der Waals surface area contributed by atoms with Gasteiger partial charge >= 0.3 is 0 Å². The van der Waals surface area contributed by atoms with Gasteiger partial charge in [-0.1, -0.05) is 18.2 Å². The second-order valence-electron chi connectivity index (χ2n) is 6.39. The molecule has 8 heteroatoms. The van der Waals surface area contributed by atoms with E-state index in [2.05, 4.69) is 62.8 Å². The van der Waals surface area contributed by atoms with Crippen molar-refractivity contribution in [3.05, 3.63) is 41.4 Å². The summed E-state index contributed by atoms with van der Waals surface area (Å²) in [6.07, 6.45) is 1.86. The Balaban J connectivity index is 0.00000261. The van der Waals surface area contributed by atoms with E-state index in [-0.39, 0.29) is 24.0 Å². The van der Waals surface area contributed by atoms with Crippen molar-refractivity contribution >= 4 is 52.1 Å². The number of aryl methyl sites for hydroxylation is 1. The van der Waals surface area contributed by atoms with Gasteiger partial charge in [0.05, 0.1) is 6.54 Å². The van der Waals surface area contributed by atoms with Gasteiger partial charge in [-0.3, -0.25) is 4.99 Å². The van der Waals surface area contributed by atoms with Crippen LogP contribution in [0.25, 0.3) is 0 Å². The summed E-state index contributed by atoms with van der Waals surface area (Å²) in [5, 5.41) is 3.11. The minimum absolute atomic E-state index is 0. The van der Waals surface area contributed by atoms with E-state index < -0.39 is 0 Å². The Labute approximate surface area is 183 Å². The van der Waals surface area contributed by atoms with Crippen LogP contribution < -0.4 is 15.5 Å². The van der Waals surface area contributed by atoms with Crippen molar-refractivity contribution in [3.8, 4) is 0 Å². The molecule has 0 aliphatic carbocycles. The van der Waals surface area contributed by atoms with Crippen LogP contribution in [0.5, 0.6) is 0 Å². The second kappa shape index (κ2) is 10.7. The number of likely N-dealkylation sites (N-methyl/N-ethyl adjacent to an activating group) is 1. The van der Waals surface area contributed by atoms with E-state index in [9.17, 15) is 0 Å². The summed E-state index contributed by atoms with van der Waals surface area (Å²) in [4.78, 5) is 15.8. The van der Waals surface area contributed by atoms with Crippen LogP contribution in [0.4, 0.5) is 10.8 Å². The number of nitrogens with two attached hydrogens (primary N) is 1. The summed E-state index contributed by atoms with van der Waals surface area (Å²) >= 11 is 1.69. The number of halogens is 1. The highest BCUT2D eigenvalue weighted by molar-refractivity contribution is 14.0.